The monoisotopic (exact) mass is 142 g/mol. The van der Waals surface area contributed by atoms with Crippen LogP contribution in [-0.4, -0.2) is 6.71 Å². The molecule has 1 heterocycles. The fourth-order valence-electron chi connectivity index (χ4n) is 1.61. The average molecular weight is 142 g/mol. The van der Waals surface area contributed by atoms with E-state index in [1.807, 2.05) is 0 Å². The van der Waals surface area contributed by atoms with Crippen LogP contribution in [0.4, 0.5) is 0 Å². The molecule has 0 unspecified atom stereocenters. The molecule has 1 aromatic rings. The van der Waals surface area contributed by atoms with Crippen molar-refractivity contribution in [2.24, 2.45) is 0 Å². The molecule has 0 saturated heterocycles. The lowest BCUT2D eigenvalue weighted by atomic mass is 9.45. The third kappa shape index (κ3) is 1.37. The standard InChI is InChI=1S/C10H11B/c1-2-6-10(7-3-1)11-8-4-5-9-11/h1-4,6-8H,5,9H2. The first-order valence-electron chi connectivity index (χ1n) is 4.18. The van der Waals surface area contributed by atoms with Gasteiger partial charge < -0.3 is 0 Å². The Kier molecular flexibility index (Phi) is 1.80. The highest BCUT2D eigenvalue weighted by Gasteiger charge is 2.14. The lowest BCUT2D eigenvalue weighted by molar-refractivity contribution is 1.23. The molecule has 0 spiro atoms. The summed E-state index contributed by atoms with van der Waals surface area (Å²) >= 11 is 0. The molecule has 1 aliphatic rings. The maximum atomic E-state index is 2.31. The zero-order chi connectivity index (χ0) is 7.52. The molecule has 0 nitrogen and oxygen atoms in total. The van der Waals surface area contributed by atoms with Crippen LogP contribution in [-0.2, 0) is 0 Å². The van der Waals surface area contributed by atoms with Crippen molar-refractivity contribution in [3.8, 4) is 0 Å². The molecular weight excluding hydrogens is 131 g/mol. The second-order valence-corrected chi connectivity index (χ2v) is 3.02. The first-order chi connectivity index (χ1) is 5.47. The van der Waals surface area contributed by atoms with Crippen LogP contribution in [0.25, 0.3) is 0 Å². The van der Waals surface area contributed by atoms with Gasteiger partial charge in [-0.25, -0.2) is 0 Å². The van der Waals surface area contributed by atoms with Crippen molar-refractivity contribution in [1.82, 2.24) is 0 Å². The summed E-state index contributed by atoms with van der Waals surface area (Å²) in [5.74, 6) is 2.31. The largest absolute Gasteiger partial charge is 0.200 e. The molecule has 0 aliphatic carbocycles. The highest BCUT2D eigenvalue weighted by Crippen LogP contribution is 2.08. The number of benzene rings is 1. The summed E-state index contributed by atoms with van der Waals surface area (Å²) in [7, 11) is 0. The summed E-state index contributed by atoms with van der Waals surface area (Å²) < 4.78 is 0. The molecule has 0 saturated carbocycles. The molecular formula is C10H11B. The van der Waals surface area contributed by atoms with Gasteiger partial charge in [-0.2, -0.15) is 0 Å². The Morgan fingerprint density at radius 3 is 2.55 bits per heavy atom. The van der Waals surface area contributed by atoms with Gasteiger partial charge in [-0.05, 0) is 6.42 Å². The van der Waals surface area contributed by atoms with E-state index in [1.165, 1.54) is 18.2 Å². The molecule has 0 radical (unpaired) electrons. The first kappa shape index (κ1) is 6.72. The molecule has 54 valence electrons. The maximum absolute atomic E-state index is 2.31. The minimum Gasteiger partial charge on any atom is -0.114 e. The SMILES string of the molecule is C1=CB(c2ccccc2)CC1. The second kappa shape index (κ2) is 2.95. The van der Waals surface area contributed by atoms with Crippen LogP contribution in [0, 0.1) is 0 Å². The minimum absolute atomic E-state index is 0.691. The normalized spacial score (nSPS) is 15.8. The minimum atomic E-state index is 0.691. The van der Waals surface area contributed by atoms with Crippen LogP contribution in [0.2, 0.25) is 6.32 Å². The van der Waals surface area contributed by atoms with E-state index < -0.39 is 0 Å². The van der Waals surface area contributed by atoms with E-state index in [-0.39, 0.29) is 0 Å². The van der Waals surface area contributed by atoms with Gasteiger partial charge in [0.15, 0.2) is 0 Å². The van der Waals surface area contributed by atoms with E-state index in [1.54, 1.807) is 0 Å². The molecule has 0 bridgehead atoms. The smallest absolute Gasteiger partial charge is 0.114 e. The molecule has 2 rings (SSSR count). The molecule has 11 heavy (non-hydrogen) atoms. The van der Waals surface area contributed by atoms with E-state index >= 15 is 0 Å². The number of hydrogen-bond donors (Lipinski definition) is 0. The number of allylic oxidation sites excluding steroid dienone is 1. The van der Waals surface area contributed by atoms with Crippen molar-refractivity contribution in [1.29, 1.82) is 0 Å². The van der Waals surface area contributed by atoms with Crippen LogP contribution >= 0.6 is 0 Å². The van der Waals surface area contributed by atoms with Crippen molar-refractivity contribution >= 4 is 12.2 Å². The predicted molar refractivity (Wildman–Crippen MR) is 50.4 cm³/mol. The average Bonchev–Trinajstić information content (AvgIpc) is 2.58. The summed E-state index contributed by atoms with van der Waals surface area (Å²) in [6, 6.07) is 10.7. The summed E-state index contributed by atoms with van der Waals surface area (Å²) in [6.45, 7) is 0.691. The second-order valence-electron chi connectivity index (χ2n) is 3.02. The Hall–Kier alpha value is -0.975. The van der Waals surface area contributed by atoms with E-state index in [0.717, 1.165) is 0 Å². The number of hydrogen-bond acceptors (Lipinski definition) is 0. The van der Waals surface area contributed by atoms with Crippen molar-refractivity contribution in [2.45, 2.75) is 12.7 Å². The Morgan fingerprint density at radius 2 is 1.91 bits per heavy atom. The fourth-order valence-corrected chi connectivity index (χ4v) is 1.61. The molecule has 1 aliphatic heterocycles. The summed E-state index contributed by atoms with van der Waals surface area (Å²) in [5.41, 5.74) is 1.46. The van der Waals surface area contributed by atoms with Crippen molar-refractivity contribution < 1.29 is 0 Å². The lowest BCUT2D eigenvalue weighted by Gasteiger charge is -2.01. The highest BCUT2D eigenvalue weighted by molar-refractivity contribution is 6.78. The van der Waals surface area contributed by atoms with Gasteiger partial charge in [0.1, 0.15) is 0 Å². The summed E-state index contributed by atoms with van der Waals surface area (Å²) in [5, 5.41) is 0. The van der Waals surface area contributed by atoms with Gasteiger partial charge >= 0.3 is 0 Å². The maximum Gasteiger partial charge on any atom is 0.200 e. The topological polar surface area (TPSA) is 0 Å². The molecule has 0 atom stereocenters. The quantitative estimate of drug-likeness (QED) is 0.525. The molecule has 1 heteroatoms. The highest BCUT2D eigenvalue weighted by atomic mass is 13.9. The summed E-state index contributed by atoms with van der Waals surface area (Å²) in [6.07, 6.45) is 4.82. The molecule has 0 fully saturated rings. The molecule has 0 N–H and O–H groups in total. The first-order valence-corrected chi connectivity index (χ1v) is 4.18. The zero-order valence-electron chi connectivity index (χ0n) is 6.53. The molecule has 0 aromatic heterocycles. The van der Waals surface area contributed by atoms with Crippen LogP contribution in [0.15, 0.2) is 42.4 Å². The Labute approximate surface area is 68.0 Å². The van der Waals surface area contributed by atoms with Crippen molar-refractivity contribution in [3.05, 3.63) is 42.4 Å². The van der Waals surface area contributed by atoms with Crippen molar-refractivity contribution in [2.75, 3.05) is 0 Å². The van der Waals surface area contributed by atoms with Gasteiger partial charge in [-0.15, -0.1) is 5.98 Å². The number of rotatable bonds is 1. The summed E-state index contributed by atoms with van der Waals surface area (Å²) in [4.78, 5) is 0. The Bertz CT molecular complexity index is 251. The zero-order valence-corrected chi connectivity index (χ0v) is 6.53. The third-order valence-electron chi connectivity index (χ3n) is 2.24. The van der Waals surface area contributed by atoms with E-state index in [2.05, 4.69) is 42.4 Å². The van der Waals surface area contributed by atoms with Crippen LogP contribution in [0.3, 0.4) is 0 Å². The van der Waals surface area contributed by atoms with Crippen molar-refractivity contribution in [3.63, 3.8) is 0 Å². The van der Waals surface area contributed by atoms with Crippen LogP contribution in [0.1, 0.15) is 6.42 Å². The van der Waals surface area contributed by atoms with Gasteiger partial charge in [-0.3, -0.25) is 0 Å². The van der Waals surface area contributed by atoms with Crippen LogP contribution < -0.4 is 5.46 Å². The van der Waals surface area contributed by atoms with Gasteiger partial charge in [0.2, 0.25) is 6.71 Å². The van der Waals surface area contributed by atoms with Gasteiger partial charge in [0.25, 0.3) is 0 Å². The lowest BCUT2D eigenvalue weighted by Crippen LogP contribution is -2.24. The predicted octanol–water partition coefficient (Wildman–Crippen LogP) is 1.89. The Morgan fingerprint density at radius 1 is 1.09 bits per heavy atom. The van der Waals surface area contributed by atoms with E-state index in [4.69, 9.17) is 0 Å². The molecule has 1 aromatic carbocycles. The van der Waals surface area contributed by atoms with Gasteiger partial charge in [0.05, 0.1) is 0 Å². The van der Waals surface area contributed by atoms with E-state index in [0.29, 0.717) is 6.71 Å². The van der Waals surface area contributed by atoms with Gasteiger partial charge in [-0.1, -0.05) is 48.2 Å². The van der Waals surface area contributed by atoms with E-state index in [9.17, 15) is 0 Å². The third-order valence-corrected chi connectivity index (χ3v) is 2.24. The van der Waals surface area contributed by atoms with Gasteiger partial charge in [0, 0.05) is 0 Å². The fraction of sp³-hybridized carbons (Fsp3) is 0.200. The Balaban J connectivity index is 2.23. The van der Waals surface area contributed by atoms with Crippen LogP contribution in [0.5, 0.6) is 0 Å². The molecule has 0 amide bonds.